The molecule has 0 fully saturated rings. The maximum Gasteiger partial charge on any atom is 0.328 e. The summed E-state index contributed by atoms with van der Waals surface area (Å²) in [4.78, 5) is 58.8. The Hall–Kier alpha value is -2.77. The van der Waals surface area contributed by atoms with Gasteiger partial charge in [-0.05, 0) is 19.3 Å². The summed E-state index contributed by atoms with van der Waals surface area (Å²) in [6.07, 6.45) is -1.56. The Bertz CT molecular complexity index is 640. The molecule has 5 unspecified atom stereocenters. The lowest BCUT2D eigenvalue weighted by molar-refractivity contribution is -0.144. The SMILES string of the molecule is CC(C)C(NC(=O)C(N)CCC(N)=O)C(=O)NC(C(=O)NC(CO)C(=O)O)C(C)O. The van der Waals surface area contributed by atoms with Crippen molar-refractivity contribution in [3.05, 3.63) is 0 Å². The van der Waals surface area contributed by atoms with Crippen LogP contribution in [-0.4, -0.2) is 81.8 Å². The van der Waals surface area contributed by atoms with E-state index in [2.05, 4.69) is 10.6 Å². The Kier molecular flexibility index (Phi) is 11.5. The molecule has 0 rings (SSSR count). The highest BCUT2D eigenvalue weighted by Gasteiger charge is 2.33. The predicted molar refractivity (Wildman–Crippen MR) is 103 cm³/mol. The molecule has 0 saturated carbocycles. The van der Waals surface area contributed by atoms with Crippen molar-refractivity contribution in [2.75, 3.05) is 6.61 Å². The molecule has 0 radical (unpaired) electrons. The van der Waals surface area contributed by atoms with Gasteiger partial charge in [-0.3, -0.25) is 19.2 Å². The topological polar surface area (TPSA) is 234 Å². The molecular weight excluding hydrogens is 402 g/mol. The Balaban J connectivity index is 5.23. The largest absolute Gasteiger partial charge is 0.480 e. The molecule has 0 saturated heterocycles. The normalized spacial score (nSPS) is 16.0. The highest BCUT2D eigenvalue weighted by atomic mass is 16.4. The lowest BCUT2D eigenvalue weighted by Crippen LogP contribution is -2.61. The number of nitrogens with two attached hydrogens (primary N) is 2. The number of hydrogen-bond donors (Lipinski definition) is 8. The summed E-state index contributed by atoms with van der Waals surface area (Å²) in [6.45, 7) is 3.53. The minimum Gasteiger partial charge on any atom is -0.480 e. The van der Waals surface area contributed by atoms with Gasteiger partial charge in [-0.2, -0.15) is 0 Å². The van der Waals surface area contributed by atoms with Crippen molar-refractivity contribution in [3.8, 4) is 0 Å². The van der Waals surface area contributed by atoms with Crippen LogP contribution < -0.4 is 27.4 Å². The molecule has 0 spiro atoms. The van der Waals surface area contributed by atoms with Gasteiger partial charge in [0.25, 0.3) is 0 Å². The summed E-state index contributed by atoms with van der Waals surface area (Å²) in [5.41, 5.74) is 10.7. The van der Waals surface area contributed by atoms with Crippen molar-refractivity contribution in [2.45, 2.75) is 63.9 Å². The van der Waals surface area contributed by atoms with Crippen LogP contribution in [0.15, 0.2) is 0 Å². The summed E-state index contributed by atoms with van der Waals surface area (Å²) >= 11 is 0. The van der Waals surface area contributed by atoms with Gasteiger partial charge in [0.15, 0.2) is 0 Å². The quantitative estimate of drug-likeness (QED) is 0.142. The average Bonchev–Trinajstić information content (AvgIpc) is 2.64. The Morgan fingerprint density at radius 1 is 0.900 bits per heavy atom. The van der Waals surface area contributed by atoms with Crippen LogP contribution in [0.1, 0.15) is 33.6 Å². The first-order valence-corrected chi connectivity index (χ1v) is 9.28. The Labute approximate surface area is 173 Å². The number of aliphatic hydroxyl groups excluding tert-OH is 2. The van der Waals surface area contributed by atoms with E-state index >= 15 is 0 Å². The highest BCUT2D eigenvalue weighted by molar-refractivity contribution is 5.94. The maximum atomic E-state index is 12.6. The predicted octanol–water partition coefficient (Wildman–Crippen LogP) is -3.85. The fraction of sp³-hybridized carbons (Fsp3) is 0.706. The molecule has 0 aromatic rings. The van der Waals surface area contributed by atoms with Gasteiger partial charge in [0.2, 0.25) is 23.6 Å². The Morgan fingerprint density at radius 2 is 1.40 bits per heavy atom. The van der Waals surface area contributed by atoms with Crippen LogP contribution in [0, 0.1) is 5.92 Å². The summed E-state index contributed by atoms with van der Waals surface area (Å²) < 4.78 is 0. The third-order valence-corrected chi connectivity index (χ3v) is 4.15. The second kappa shape index (κ2) is 12.7. The molecule has 30 heavy (non-hydrogen) atoms. The van der Waals surface area contributed by atoms with E-state index in [4.69, 9.17) is 21.7 Å². The van der Waals surface area contributed by atoms with Crippen molar-refractivity contribution < 1.29 is 39.3 Å². The van der Waals surface area contributed by atoms with E-state index in [9.17, 15) is 29.1 Å². The molecule has 0 aromatic carbocycles. The lowest BCUT2D eigenvalue weighted by Gasteiger charge is -2.27. The zero-order valence-electron chi connectivity index (χ0n) is 17.1. The molecule has 0 bridgehead atoms. The van der Waals surface area contributed by atoms with Crippen LogP contribution in [-0.2, 0) is 24.0 Å². The monoisotopic (exact) mass is 433 g/mol. The molecule has 0 heterocycles. The standard InChI is InChI=1S/C17H31N5O8/c1-7(2)12(21-14(26)9(18)4-5-11(19)25)15(27)22-13(8(3)24)16(28)20-10(6-23)17(29)30/h7-10,12-13,23-24H,4-6,18H2,1-3H3,(H2,19,25)(H,20,28)(H,21,26)(H,22,27)(H,29,30). The van der Waals surface area contributed by atoms with Crippen LogP contribution in [0.2, 0.25) is 0 Å². The van der Waals surface area contributed by atoms with Gasteiger partial charge in [0.1, 0.15) is 18.1 Å². The summed E-state index contributed by atoms with van der Waals surface area (Å²) in [5.74, 6) is -5.15. The average molecular weight is 433 g/mol. The zero-order chi connectivity index (χ0) is 23.6. The van der Waals surface area contributed by atoms with Crippen LogP contribution >= 0.6 is 0 Å². The van der Waals surface area contributed by atoms with Crippen LogP contribution in [0.3, 0.4) is 0 Å². The smallest absolute Gasteiger partial charge is 0.328 e. The van der Waals surface area contributed by atoms with Gasteiger partial charge in [-0.15, -0.1) is 0 Å². The number of aliphatic hydroxyl groups is 2. The van der Waals surface area contributed by atoms with E-state index < -0.39 is 72.4 Å². The van der Waals surface area contributed by atoms with Gasteiger partial charge < -0.3 is 42.7 Å². The number of carboxylic acids is 1. The number of carbonyl (C=O) groups excluding carboxylic acids is 4. The van der Waals surface area contributed by atoms with E-state index in [-0.39, 0.29) is 12.8 Å². The maximum absolute atomic E-state index is 12.6. The summed E-state index contributed by atoms with van der Waals surface area (Å²) in [7, 11) is 0. The highest BCUT2D eigenvalue weighted by Crippen LogP contribution is 2.06. The van der Waals surface area contributed by atoms with Crippen molar-refractivity contribution in [1.82, 2.24) is 16.0 Å². The van der Waals surface area contributed by atoms with Crippen LogP contribution in [0.4, 0.5) is 0 Å². The van der Waals surface area contributed by atoms with Gasteiger partial charge >= 0.3 is 5.97 Å². The van der Waals surface area contributed by atoms with Gasteiger partial charge in [-0.25, -0.2) is 4.79 Å². The molecule has 4 amide bonds. The van der Waals surface area contributed by atoms with Crippen molar-refractivity contribution >= 4 is 29.6 Å². The summed E-state index contributed by atoms with van der Waals surface area (Å²) in [6, 6.07) is -5.41. The third-order valence-electron chi connectivity index (χ3n) is 4.15. The lowest BCUT2D eigenvalue weighted by atomic mass is 10.0. The molecule has 0 aliphatic carbocycles. The number of aliphatic carboxylic acids is 1. The van der Waals surface area contributed by atoms with Gasteiger partial charge in [0, 0.05) is 6.42 Å². The minimum absolute atomic E-state index is 0.0238. The molecule has 10 N–H and O–H groups in total. The van der Waals surface area contributed by atoms with E-state index in [1.807, 2.05) is 5.32 Å². The number of hydrogen-bond acceptors (Lipinski definition) is 8. The third kappa shape index (κ3) is 9.15. The number of rotatable bonds is 13. The summed E-state index contributed by atoms with van der Waals surface area (Å²) in [5, 5.41) is 34.4. The molecule has 0 aliphatic rings. The molecule has 5 atom stereocenters. The van der Waals surface area contributed by atoms with Gasteiger partial charge in [-0.1, -0.05) is 13.8 Å². The van der Waals surface area contributed by atoms with Crippen molar-refractivity contribution in [3.63, 3.8) is 0 Å². The first kappa shape index (κ1) is 27.2. The second-order valence-corrected chi connectivity index (χ2v) is 7.15. The zero-order valence-corrected chi connectivity index (χ0v) is 17.1. The van der Waals surface area contributed by atoms with E-state index in [0.29, 0.717) is 0 Å². The minimum atomic E-state index is -1.63. The van der Waals surface area contributed by atoms with E-state index in [0.717, 1.165) is 0 Å². The van der Waals surface area contributed by atoms with Crippen LogP contribution in [0.25, 0.3) is 0 Å². The molecular formula is C17H31N5O8. The number of amides is 4. The number of primary amides is 1. The fourth-order valence-corrected chi connectivity index (χ4v) is 2.32. The second-order valence-electron chi connectivity index (χ2n) is 7.15. The Morgan fingerprint density at radius 3 is 1.80 bits per heavy atom. The van der Waals surface area contributed by atoms with Crippen molar-refractivity contribution in [2.24, 2.45) is 17.4 Å². The first-order valence-electron chi connectivity index (χ1n) is 9.28. The van der Waals surface area contributed by atoms with Crippen molar-refractivity contribution in [1.29, 1.82) is 0 Å². The number of nitrogens with one attached hydrogen (secondary N) is 3. The molecule has 172 valence electrons. The number of carbonyl (C=O) groups is 5. The van der Waals surface area contributed by atoms with Gasteiger partial charge in [0.05, 0.1) is 18.8 Å². The van der Waals surface area contributed by atoms with E-state index in [1.165, 1.54) is 6.92 Å². The molecule has 0 aliphatic heterocycles. The first-order chi connectivity index (χ1) is 13.8. The molecule has 13 nitrogen and oxygen atoms in total. The number of carboxylic acid groups (broad SMARTS) is 1. The molecule has 13 heteroatoms. The van der Waals surface area contributed by atoms with E-state index in [1.54, 1.807) is 13.8 Å². The molecule has 0 aromatic heterocycles. The fourth-order valence-electron chi connectivity index (χ4n) is 2.32. The van der Waals surface area contributed by atoms with Crippen LogP contribution in [0.5, 0.6) is 0 Å².